The SMILES string of the molecule is N#Cc1ccc2[nH]c(O)c(-c3nc(N)cc4ccccc34)c2c1. The molecule has 23 heavy (non-hydrogen) atoms. The maximum Gasteiger partial charge on any atom is 0.199 e. The molecule has 0 fully saturated rings. The summed E-state index contributed by atoms with van der Waals surface area (Å²) in [5.41, 5.74) is 8.34. The van der Waals surface area contributed by atoms with Gasteiger partial charge in [0.2, 0.25) is 0 Å². The van der Waals surface area contributed by atoms with E-state index in [0.29, 0.717) is 22.6 Å². The van der Waals surface area contributed by atoms with Crippen LogP contribution in [0.15, 0.2) is 48.5 Å². The van der Waals surface area contributed by atoms with E-state index >= 15 is 0 Å². The normalized spacial score (nSPS) is 10.9. The summed E-state index contributed by atoms with van der Waals surface area (Å²) in [5, 5.41) is 22.1. The predicted octanol–water partition coefficient (Wildman–Crippen LogP) is 3.54. The molecule has 0 unspecified atom stereocenters. The average molecular weight is 300 g/mol. The zero-order valence-corrected chi connectivity index (χ0v) is 12.0. The first-order chi connectivity index (χ1) is 11.2. The summed E-state index contributed by atoms with van der Waals surface area (Å²) < 4.78 is 0. The van der Waals surface area contributed by atoms with Crippen molar-refractivity contribution in [3.8, 4) is 23.2 Å². The number of hydrogen-bond acceptors (Lipinski definition) is 4. The van der Waals surface area contributed by atoms with E-state index in [-0.39, 0.29) is 5.88 Å². The van der Waals surface area contributed by atoms with Crippen molar-refractivity contribution >= 4 is 27.5 Å². The van der Waals surface area contributed by atoms with Crippen molar-refractivity contribution in [1.29, 1.82) is 5.26 Å². The van der Waals surface area contributed by atoms with Gasteiger partial charge in [0.05, 0.1) is 22.9 Å². The summed E-state index contributed by atoms with van der Waals surface area (Å²) in [6, 6.07) is 16.8. The molecule has 4 N–H and O–H groups in total. The second kappa shape index (κ2) is 4.75. The van der Waals surface area contributed by atoms with Gasteiger partial charge in [-0.2, -0.15) is 5.26 Å². The molecule has 4 aromatic rings. The molecule has 0 aliphatic carbocycles. The molecule has 2 aromatic carbocycles. The van der Waals surface area contributed by atoms with E-state index in [1.807, 2.05) is 24.3 Å². The molecule has 5 nitrogen and oxygen atoms in total. The Hall–Kier alpha value is -3.52. The first kappa shape index (κ1) is 13.2. The minimum absolute atomic E-state index is 0.0124. The van der Waals surface area contributed by atoms with Crippen LogP contribution in [0.5, 0.6) is 5.88 Å². The van der Waals surface area contributed by atoms with Gasteiger partial charge in [-0.3, -0.25) is 0 Å². The number of anilines is 1. The molecule has 0 spiro atoms. The summed E-state index contributed by atoms with van der Waals surface area (Å²) in [6.07, 6.45) is 0. The number of nitrogen functional groups attached to an aromatic ring is 1. The molecule has 0 aliphatic rings. The number of nitriles is 1. The van der Waals surface area contributed by atoms with Gasteiger partial charge in [0, 0.05) is 16.3 Å². The topological polar surface area (TPSA) is 98.7 Å². The Morgan fingerprint density at radius 2 is 1.91 bits per heavy atom. The number of aromatic hydroxyl groups is 1. The van der Waals surface area contributed by atoms with Crippen LogP contribution in [0.3, 0.4) is 0 Å². The van der Waals surface area contributed by atoms with Crippen molar-refractivity contribution in [1.82, 2.24) is 9.97 Å². The third-order valence-corrected chi connectivity index (χ3v) is 3.90. The number of pyridine rings is 1. The highest BCUT2D eigenvalue weighted by Crippen LogP contribution is 2.39. The molecule has 4 rings (SSSR count). The Balaban J connectivity index is 2.15. The highest BCUT2D eigenvalue weighted by molar-refractivity contribution is 6.06. The lowest BCUT2D eigenvalue weighted by molar-refractivity contribution is 0.460. The summed E-state index contributed by atoms with van der Waals surface area (Å²) >= 11 is 0. The van der Waals surface area contributed by atoms with Crippen LogP contribution in [0.2, 0.25) is 0 Å². The third kappa shape index (κ3) is 1.97. The quantitative estimate of drug-likeness (QED) is 0.500. The van der Waals surface area contributed by atoms with Crippen molar-refractivity contribution in [3.05, 3.63) is 54.1 Å². The van der Waals surface area contributed by atoms with E-state index in [9.17, 15) is 5.11 Å². The zero-order valence-electron chi connectivity index (χ0n) is 12.0. The lowest BCUT2D eigenvalue weighted by Gasteiger charge is -2.07. The highest BCUT2D eigenvalue weighted by atomic mass is 16.3. The predicted molar refractivity (Wildman–Crippen MR) is 89.8 cm³/mol. The fraction of sp³-hybridized carbons (Fsp3) is 0. The smallest absolute Gasteiger partial charge is 0.199 e. The molecule has 110 valence electrons. The lowest BCUT2D eigenvalue weighted by atomic mass is 10.0. The zero-order chi connectivity index (χ0) is 16.0. The molecular weight excluding hydrogens is 288 g/mol. The van der Waals surface area contributed by atoms with Crippen LogP contribution in [-0.4, -0.2) is 15.1 Å². The van der Waals surface area contributed by atoms with Crippen LogP contribution in [0, 0.1) is 11.3 Å². The summed E-state index contributed by atoms with van der Waals surface area (Å²) in [5.74, 6) is 0.391. The van der Waals surface area contributed by atoms with Gasteiger partial charge in [0.15, 0.2) is 5.88 Å². The second-order valence-corrected chi connectivity index (χ2v) is 5.34. The molecule has 0 radical (unpaired) electrons. The molecule has 2 heterocycles. The van der Waals surface area contributed by atoms with Crippen LogP contribution in [-0.2, 0) is 0 Å². The first-order valence-corrected chi connectivity index (χ1v) is 7.08. The Morgan fingerprint density at radius 3 is 2.74 bits per heavy atom. The molecule has 0 bridgehead atoms. The maximum atomic E-state index is 10.4. The number of fused-ring (bicyclic) bond motifs is 2. The van der Waals surface area contributed by atoms with Gasteiger partial charge in [-0.25, -0.2) is 4.98 Å². The maximum absolute atomic E-state index is 10.4. The standard InChI is InChI=1S/C18H12N4O/c19-9-10-5-6-14-13(7-10)16(18(23)21-14)17-12-4-2-1-3-11(12)8-15(20)22-17/h1-8,21,23H,(H2,20,22). The van der Waals surface area contributed by atoms with Crippen molar-refractivity contribution < 1.29 is 5.11 Å². The van der Waals surface area contributed by atoms with Gasteiger partial charge < -0.3 is 15.8 Å². The van der Waals surface area contributed by atoms with Gasteiger partial charge in [-0.15, -0.1) is 0 Å². The molecule has 0 saturated heterocycles. The van der Waals surface area contributed by atoms with Gasteiger partial charge >= 0.3 is 0 Å². The average Bonchev–Trinajstić information content (AvgIpc) is 2.88. The van der Waals surface area contributed by atoms with Crippen molar-refractivity contribution in [2.75, 3.05) is 5.73 Å². The number of benzene rings is 2. The molecule has 0 atom stereocenters. The molecular formula is C18H12N4O. The largest absolute Gasteiger partial charge is 0.494 e. The number of hydrogen-bond donors (Lipinski definition) is 3. The van der Waals surface area contributed by atoms with Crippen molar-refractivity contribution in [2.45, 2.75) is 0 Å². The van der Waals surface area contributed by atoms with E-state index in [1.54, 1.807) is 24.3 Å². The first-order valence-electron chi connectivity index (χ1n) is 7.08. The van der Waals surface area contributed by atoms with E-state index < -0.39 is 0 Å². The second-order valence-electron chi connectivity index (χ2n) is 5.34. The van der Waals surface area contributed by atoms with Gasteiger partial charge in [-0.1, -0.05) is 24.3 Å². The van der Waals surface area contributed by atoms with Crippen LogP contribution in [0.4, 0.5) is 5.82 Å². The summed E-state index contributed by atoms with van der Waals surface area (Å²) in [7, 11) is 0. The number of nitrogens with one attached hydrogen (secondary N) is 1. The lowest BCUT2D eigenvalue weighted by Crippen LogP contribution is -1.94. The molecule has 0 amide bonds. The number of nitrogens with zero attached hydrogens (tertiary/aromatic N) is 2. The summed E-state index contributed by atoms with van der Waals surface area (Å²) in [4.78, 5) is 7.35. The minimum atomic E-state index is 0.0124. The number of H-pyrrole nitrogens is 1. The Bertz CT molecular complexity index is 1110. The monoisotopic (exact) mass is 300 g/mol. The minimum Gasteiger partial charge on any atom is -0.494 e. The van der Waals surface area contributed by atoms with Crippen molar-refractivity contribution in [3.63, 3.8) is 0 Å². The molecule has 0 aliphatic heterocycles. The fourth-order valence-corrected chi connectivity index (χ4v) is 2.90. The number of aromatic amines is 1. The number of aromatic nitrogens is 2. The highest BCUT2D eigenvalue weighted by Gasteiger charge is 2.17. The summed E-state index contributed by atoms with van der Waals surface area (Å²) in [6.45, 7) is 0. The van der Waals surface area contributed by atoms with Gasteiger partial charge in [0.25, 0.3) is 0 Å². The van der Waals surface area contributed by atoms with Crippen LogP contribution >= 0.6 is 0 Å². The Labute approximate surface area is 131 Å². The van der Waals surface area contributed by atoms with Gasteiger partial charge in [-0.05, 0) is 29.7 Å². The molecule has 2 aromatic heterocycles. The van der Waals surface area contributed by atoms with E-state index in [0.717, 1.165) is 21.7 Å². The fourth-order valence-electron chi connectivity index (χ4n) is 2.90. The van der Waals surface area contributed by atoms with E-state index in [2.05, 4.69) is 16.0 Å². The van der Waals surface area contributed by atoms with E-state index in [1.165, 1.54) is 0 Å². The number of nitrogens with two attached hydrogens (primary N) is 1. The Morgan fingerprint density at radius 1 is 1.09 bits per heavy atom. The molecule has 5 heteroatoms. The van der Waals surface area contributed by atoms with Crippen LogP contribution in [0.25, 0.3) is 32.9 Å². The molecule has 0 saturated carbocycles. The van der Waals surface area contributed by atoms with Crippen molar-refractivity contribution in [2.24, 2.45) is 0 Å². The van der Waals surface area contributed by atoms with Crippen LogP contribution < -0.4 is 5.73 Å². The van der Waals surface area contributed by atoms with E-state index in [4.69, 9.17) is 11.0 Å². The van der Waals surface area contributed by atoms with Crippen LogP contribution in [0.1, 0.15) is 5.56 Å². The number of rotatable bonds is 1. The Kier molecular flexibility index (Phi) is 2.72. The third-order valence-electron chi connectivity index (χ3n) is 3.90. The van der Waals surface area contributed by atoms with Gasteiger partial charge in [0.1, 0.15) is 5.82 Å².